The number of fused-ring (bicyclic) bond motifs is 3. The Hall–Kier alpha value is -2.30. The highest BCUT2D eigenvalue weighted by Gasteiger charge is 2.72. The number of carboxylic acid groups (broad SMARTS) is 1. The zero-order valence-electron chi connectivity index (χ0n) is 34.1. The van der Waals surface area contributed by atoms with Crippen LogP contribution in [0, 0.1) is 62.6 Å². The number of allylic oxidation sites excluding steroid dienone is 1. The SMILES string of the molecule is CCCN[C@](C)(CO[C@H]1[C@H](n2ncnc2C(N)=O)CC23COC[C@@]1(C)[C@@H]2CC[C@H]1C3=CC[C@@]2(C)[C@H](C(=O)O)[C@@](C)([C@H](C)C(C)C)CC[C@]12C)C(C)C. The van der Waals surface area contributed by atoms with Crippen molar-refractivity contribution < 1.29 is 24.2 Å². The van der Waals surface area contributed by atoms with Crippen LogP contribution in [0.25, 0.3) is 0 Å². The summed E-state index contributed by atoms with van der Waals surface area (Å²) in [5, 5.41) is 19.6. The van der Waals surface area contributed by atoms with Gasteiger partial charge in [-0.3, -0.25) is 9.59 Å². The Morgan fingerprint density at radius 2 is 1.83 bits per heavy atom. The van der Waals surface area contributed by atoms with Crippen LogP contribution in [-0.2, 0) is 14.3 Å². The van der Waals surface area contributed by atoms with E-state index in [1.807, 2.05) is 0 Å². The lowest BCUT2D eigenvalue weighted by Gasteiger charge is -2.71. The standard InChI is InChI=1S/C42H69N5O5/c1-12-19-45-41(11,26(4)5)22-52-33-30(47-35(34(43)48)44-24-46-47)20-42-23-51-21-38(33,8)31(42)14-13-28-29(42)15-16-40(10)32(36(49)50)37(7,27(6)25(2)3)17-18-39(28,40)9/h15,24-28,30-33,45H,12-14,16-23H2,1-11H3,(H2,43,48)(H,49,50)/t27-,28+,30-,31+,32-,33+,37-,38+,39-,40+,41-,42?/m1/s1. The Bertz CT molecular complexity index is 1560. The third kappa shape index (κ3) is 5.57. The summed E-state index contributed by atoms with van der Waals surface area (Å²) >= 11 is 0. The Kier molecular flexibility index (Phi) is 10.2. The number of rotatable bonds is 12. The molecule has 0 radical (unpaired) electrons. The molecule has 3 saturated carbocycles. The Morgan fingerprint density at radius 3 is 2.44 bits per heavy atom. The van der Waals surface area contributed by atoms with Gasteiger partial charge in [0.05, 0.1) is 37.9 Å². The first-order chi connectivity index (χ1) is 24.3. The van der Waals surface area contributed by atoms with Gasteiger partial charge in [-0.2, -0.15) is 5.10 Å². The molecular formula is C42H69N5O5. The van der Waals surface area contributed by atoms with E-state index in [9.17, 15) is 14.7 Å². The molecule has 1 aliphatic heterocycles. The van der Waals surface area contributed by atoms with Crippen molar-refractivity contribution in [3.05, 3.63) is 23.8 Å². The second-order valence-electron chi connectivity index (χ2n) is 19.7. The maximum absolute atomic E-state index is 13.5. The highest BCUT2D eigenvalue weighted by atomic mass is 16.5. The number of nitrogens with zero attached hydrogens (tertiary/aromatic N) is 3. The first kappa shape index (κ1) is 39.4. The van der Waals surface area contributed by atoms with E-state index < -0.39 is 23.2 Å². The molecule has 10 nitrogen and oxygen atoms in total. The molecule has 1 unspecified atom stereocenters. The molecule has 4 aliphatic carbocycles. The van der Waals surface area contributed by atoms with Gasteiger partial charge < -0.3 is 25.6 Å². The molecule has 2 bridgehead atoms. The summed E-state index contributed by atoms with van der Waals surface area (Å²) in [7, 11) is 0. The van der Waals surface area contributed by atoms with E-state index in [2.05, 4.69) is 97.6 Å². The summed E-state index contributed by atoms with van der Waals surface area (Å²) in [5.41, 5.74) is 5.57. The molecule has 1 aromatic rings. The zero-order valence-corrected chi connectivity index (χ0v) is 34.1. The number of carbonyl (C=O) groups is 2. The number of hydrogen-bond donors (Lipinski definition) is 3. The van der Waals surface area contributed by atoms with Gasteiger partial charge in [0.1, 0.15) is 6.33 Å². The molecule has 10 heteroatoms. The van der Waals surface area contributed by atoms with Crippen LogP contribution >= 0.6 is 0 Å². The number of amides is 1. The topological polar surface area (TPSA) is 142 Å². The lowest BCUT2D eigenvalue weighted by Crippen LogP contribution is -2.69. The van der Waals surface area contributed by atoms with Gasteiger partial charge in [-0.1, -0.05) is 80.9 Å². The van der Waals surface area contributed by atoms with Gasteiger partial charge in [-0.25, -0.2) is 9.67 Å². The number of ether oxygens (including phenoxy) is 2. The lowest BCUT2D eigenvalue weighted by atomic mass is 9.34. The maximum Gasteiger partial charge on any atom is 0.307 e. The molecule has 4 fully saturated rings. The normalized spacial score (nSPS) is 41.7. The van der Waals surface area contributed by atoms with Crippen molar-refractivity contribution in [2.75, 3.05) is 26.4 Å². The summed E-state index contributed by atoms with van der Waals surface area (Å²) in [4.78, 5) is 30.7. The van der Waals surface area contributed by atoms with Gasteiger partial charge in [0.15, 0.2) is 0 Å². The summed E-state index contributed by atoms with van der Waals surface area (Å²) in [5.74, 6) is 0.0211. The van der Waals surface area contributed by atoms with Crippen molar-refractivity contribution in [3.63, 3.8) is 0 Å². The first-order valence-electron chi connectivity index (χ1n) is 20.3. The number of aromatic nitrogens is 3. The van der Waals surface area contributed by atoms with Crippen molar-refractivity contribution in [3.8, 4) is 0 Å². The molecule has 0 aromatic carbocycles. The van der Waals surface area contributed by atoms with Crippen molar-refractivity contribution >= 4 is 11.9 Å². The average molecular weight is 724 g/mol. The number of nitrogens with two attached hydrogens (primary N) is 1. The predicted octanol–water partition coefficient (Wildman–Crippen LogP) is 7.31. The van der Waals surface area contributed by atoms with E-state index in [1.54, 1.807) is 4.68 Å². The minimum atomic E-state index is -0.648. The number of carbonyl (C=O) groups excluding carboxylic acids is 1. The van der Waals surface area contributed by atoms with E-state index in [-0.39, 0.29) is 57.0 Å². The van der Waals surface area contributed by atoms with Gasteiger partial charge in [0.2, 0.25) is 5.82 Å². The number of carboxylic acids is 1. The van der Waals surface area contributed by atoms with Crippen molar-refractivity contribution in [1.82, 2.24) is 20.1 Å². The summed E-state index contributed by atoms with van der Waals surface area (Å²) in [6, 6.07) is -0.285. The van der Waals surface area contributed by atoms with Gasteiger partial charge >= 0.3 is 5.97 Å². The van der Waals surface area contributed by atoms with Gasteiger partial charge in [-0.15, -0.1) is 0 Å². The van der Waals surface area contributed by atoms with Crippen molar-refractivity contribution in [2.45, 2.75) is 139 Å². The average Bonchev–Trinajstić information content (AvgIpc) is 3.57. The van der Waals surface area contributed by atoms with Crippen LogP contribution in [0.5, 0.6) is 0 Å². The van der Waals surface area contributed by atoms with E-state index >= 15 is 0 Å². The Labute approximate surface area is 312 Å². The van der Waals surface area contributed by atoms with Crippen LogP contribution in [0.4, 0.5) is 0 Å². The maximum atomic E-state index is 13.5. The molecule has 2 heterocycles. The van der Waals surface area contributed by atoms with Crippen molar-refractivity contribution in [2.24, 2.45) is 68.3 Å². The molecule has 4 N–H and O–H groups in total. The number of primary amides is 1. The fourth-order valence-electron chi connectivity index (χ4n) is 12.9. The second kappa shape index (κ2) is 13.5. The number of hydrogen-bond acceptors (Lipinski definition) is 7. The van der Waals surface area contributed by atoms with Gasteiger partial charge in [-0.05, 0) is 104 Å². The molecule has 1 amide bonds. The quantitative estimate of drug-likeness (QED) is 0.191. The minimum absolute atomic E-state index is 0.159. The molecule has 1 aromatic heterocycles. The highest BCUT2D eigenvalue weighted by Crippen LogP contribution is 2.75. The molecule has 52 heavy (non-hydrogen) atoms. The van der Waals surface area contributed by atoms with Crippen LogP contribution in [-0.4, -0.2) is 69.8 Å². The van der Waals surface area contributed by atoms with E-state index in [4.69, 9.17) is 15.2 Å². The first-order valence-corrected chi connectivity index (χ1v) is 20.3. The molecule has 292 valence electrons. The Balaban J connectivity index is 1.46. The molecule has 12 atom stereocenters. The fourth-order valence-corrected chi connectivity index (χ4v) is 12.9. The molecule has 0 spiro atoms. The number of aliphatic carboxylic acids is 1. The largest absolute Gasteiger partial charge is 0.481 e. The summed E-state index contributed by atoms with van der Waals surface area (Å²) in [6.45, 7) is 27.5. The third-order valence-corrected chi connectivity index (χ3v) is 16.8. The Morgan fingerprint density at radius 1 is 1.12 bits per heavy atom. The van der Waals surface area contributed by atoms with Crippen LogP contribution in [0.15, 0.2) is 18.0 Å². The highest BCUT2D eigenvalue weighted by molar-refractivity contribution is 5.89. The van der Waals surface area contributed by atoms with E-state index in [0.717, 1.165) is 45.1 Å². The predicted molar refractivity (Wildman–Crippen MR) is 202 cm³/mol. The van der Waals surface area contributed by atoms with Crippen LogP contribution in [0.2, 0.25) is 0 Å². The molecule has 5 aliphatic rings. The molecule has 1 saturated heterocycles. The monoisotopic (exact) mass is 724 g/mol. The summed E-state index contributed by atoms with van der Waals surface area (Å²) < 4.78 is 15.7. The summed E-state index contributed by atoms with van der Waals surface area (Å²) in [6.07, 6.45) is 10.0. The smallest absolute Gasteiger partial charge is 0.307 e. The van der Waals surface area contributed by atoms with Crippen LogP contribution in [0.1, 0.15) is 138 Å². The van der Waals surface area contributed by atoms with E-state index in [0.29, 0.717) is 44.0 Å². The van der Waals surface area contributed by atoms with Crippen molar-refractivity contribution in [1.29, 1.82) is 0 Å². The molecule has 6 rings (SSSR count). The second-order valence-corrected chi connectivity index (χ2v) is 19.7. The third-order valence-electron chi connectivity index (χ3n) is 16.8. The van der Waals surface area contributed by atoms with Gasteiger partial charge in [0, 0.05) is 16.4 Å². The molecular weight excluding hydrogens is 654 g/mol. The van der Waals surface area contributed by atoms with E-state index in [1.165, 1.54) is 11.9 Å². The van der Waals surface area contributed by atoms with Crippen LogP contribution < -0.4 is 11.1 Å². The zero-order chi connectivity index (χ0) is 38.2. The lowest BCUT2D eigenvalue weighted by molar-refractivity contribution is -0.253. The van der Waals surface area contributed by atoms with Gasteiger partial charge in [0.25, 0.3) is 5.91 Å². The van der Waals surface area contributed by atoms with Crippen LogP contribution in [0.3, 0.4) is 0 Å². The fraction of sp³-hybridized carbons (Fsp3) is 0.857. The minimum Gasteiger partial charge on any atom is -0.481 e. The number of nitrogens with one attached hydrogen (secondary N) is 1.